The summed E-state index contributed by atoms with van der Waals surface area (Å²) < 4.78 is 48.1. The molecule has 0 aliphatic rings. The number of hydrogen-bond donors (Lipinski definition) is 0. The number of imidazole rings is 1. The van der Waals surface area contributed by atoms with E-state index in [0.717, 1.165) is 5.69 Å². The number of methoxy groups -OCH3 is 1. The Morgan fingerprint density at radius 2 is 1.96 bits per heavy atom. The molecule has 24 heavy (non-hydrogen) atoms. The van der Waals surface area contributed by atoms with Gasteiger partial charge in [-0.2, -0.15) is 0 Å². The number of benzene rings is 1. The molecule has 0 atom stereocenters. The van der Waals surface area contributed by atoms with Gasteiger partial charge in [0.25, 0.3) is 0 Å². The van der Waals surface area contributed by atoms with E-state index in [1.807, 2.05) is 11.3 Å². The molecule has 0 bridgehead atoms. The zero-order chi connectivity index (χ0) is 17.3. The number of nitrogens with zero attached hydrogens (tertiary/aromatic N) is 3. The summed E-state index contributed by atoms with van der Waals surface area (Å²) in [6, 6.07) is 4.10. The fourth-order valence-electron chi connectivity index (χ4n) is 2.44. The smallest absolute Gasteiger partial charge is 0.406 e. The van der Waals surface area contributed by atoms with E-state index in [9.17, 15) is 13.2 Å². The number of halogens is 3. The van der Waals surface area contributed by atoms with Gasteiger partial charge in [-0.1, -0.05) is 0 Å². The van der Waals surface area contributed by atoms with Crippen LogP contribution in [-0.4, -0.2) is 27.8 Å². The Bertz CT molecular complexity index is 875. The van der Waals surface area contributed by atoms with Crippen molar-refractivity contribution in [3.05, 3.63) is 48.0 Å². The molecule has 0 saturated heterocycles. The highest BCUT2D eigenvalue weighted by Crippen LogP contribution is 2.30. The molecule has 0 amide bonds. The van der Waals surface area contributed by atoms with E-state index in [2.05, 4.69) is 14.7 Å². The first kappa shape index (κ1) is 16.3. The van der Waals surface area contributed by atoms with Crippen molar-refractivity contribution in [1.82, 2.24) is 14.4 Å². The van der Waals surface area contributed by atoms with Crippen LogP contribution < -0.4 is 4.74 Å². The number of aryl methyl sites for hydroxylation is 1. The Hall–Kier alpha value is -2.61. The number of rotatable bonds is 4. The predicted molar refractivity (Wildman–Crippen MR) is 80.6 cm³/mol. The first-order valence-corrected chi connectivity index (χ1v) is 7.05. The van der Waals surface area contributed by atoms with Gasteiger partial charge in [0.1, 0.15) is 5.75 Å². The van der Waals surface area contributed by atoms with E-state index in [0.29, 0.717) is 22.5 Å². The minimum Gasteiger partial charge on any atom is -0.406 e. The van der Waals surface area contributed by atoms with Gasteiger partial charge in [-0.05, 0) is 30.7 Å². The first-order valence-electron chi connectivity index (χ1n) is 7.05. The summed E-state index contributed by atoms with van der Waals surface area (Å²) in [7, 11) is 1.47. The summed E-state index contributed by atoms with van der Waals surface area (Å²) in [5.41, 5.74) is 3.44. The van der Waals surface area contributed by atoms with Crippen LogP contribution in [0.1, 0.15) is 11.3 Å². The second-order valence-electron chi connectivity index (χ2n) is 5.20. The van der Waals surface area contributed by atoms with Crippen molar-refractivity contribution < 1.29 is 22.6 Å². The van der Waals surface area contributed by atoms with Gasteiger partial charge in [0.15, 0.2) is 5.65 Å². The normalized spacial score (nSPS) is 11.9. The Kier molecular flexibility index (Phi) is 4.15. The van der Waals surface area contributed by atoms with Gasteiger partial charge < -0.3 is 13.9 Å². The molecule has 0 radical (unpaired) electrons. The summed E-state index contributed by atoms with van der Waals surface area (Å²) >= 11 is 0. The van der Waals surface area contributed by atoms with Crippen LogP contribution in [0, 0.1) is 6.92 Å². The van der Waals surface area contributed by atoms with Gasteiger partial charge in [-0.3, -0.25) is 4.98 Å². The molecule has 0 fully saturated rings. The maximum absolute atomic E-state index is 12.4. The van der Waals surface area contributed by atoms with Gasteiger partial charge in [-0.25, -0.2) is 4.98 Å². The molecule has 0 spiro atoms. The Morgan fingerprint density at radius 1 is 1.17 bits per heavy atom. The van der Waals surface area contributed by atoms with E-state index in [1.54, 1.807) is 18.6 Å². The SMILES string of the molecule is COCc1cc(OC(F)(F)F)ccc1-c1cn2c(C)cnc2cn1. The molecule has 2 heterocycles. The third-order valence-electron chi connectivity index (χ3n) is 3.47. The lowest BCUT2D eigenvalue weighted by atomic mass is 10.0. The van der Waals surface area contributed by atoms with Crippen molar-refractivity contribution in [3.8, 4) is 17.0 Å². The van der Waals surface area contributed by atoms with Crippen LogP contribution in [0.3, 0.4) is 0 Å². The second-order valence-corrected chi connectivity index (χ2v) is 5.20. The molecular weight excluding hydrogens is 323 g/mol. The Labute approximate surface area is 135 Å². The second kappa shape index (κ2) is 6.12. The summed E-state index contributed by atoms with van der Waals surface area (Å²) in [4.78, 5) is 8.53. The van der Waals surface area contributed by atoms with E-state index < -0.39 is 6.36 Å². The summed E-state index contributed by atoms with van der Waals surface area (Å²) in [6.45, 7) is 2.03. The lowest BCUT2D eigenvalue weighted by molar-refractivity contribution is -0.274. The standard InChI is InChI=1S/C16H14F3N3O2/c1-10-6-21-15-7-20-14(8-22(10)15)13-4-3-12(24-16(17,18)19)5-11(13)9-23-2/h3-8H,9H2,1-2H3. The zero-order valence-corrected chi connectivity index (χ0v) is 13.0. The Balaban J connectivity index is 2.05. The number of alkyl halides is 3. The third-order valence-corrected chi connectivity index (χ3v) is 3.47. The molecule has 1 aromatic carbocycles. The molecule has 3 rings (SSSR count). The van der Waals surface area contributed by atoms with Gasteiger partial charge in [-0.15, -0.1) is 13.2 Å². The summed E-state index contributed by atoms with van der Waals surface area (Å²) in [5, 5.41) is 0. The van der Waals surface area contributed by atoms with Crippen LogP contribution in [0.2, 0.25) is 0 Å². The van der Waals surface area contributed by atoms with Crippen molar-refractivity contribution in [2.75, 3.05) is 7.11 Å². The quantitative estimate of drug-likeness (QED) is 0.727. The molecule has 0 aliphatic carbocycles. The third kappa shape index (κ3) is 3.33. The number of ether oxygens (including phenoxy) is 2. The van der Waals surface area contributed by atoms with Crippen molar-refractivity contribution in [1.29, 1.82) is 0 Å². The van der Waals surface area contributed by atoms with E-state index in [1.165, 1.54) is 25.3 Å². The molecule has 0 aliphatic heterocycles. The van der Waals surface area contributed by atoms with E-state index >= 15 is 0 Å². The van der Waals surface area contributed by atoms with Crippen molar-refractivity contribution in [2.45, 2.75) is 19.9 Å². The van der Waals surface area contributed by atoms with Crippen LogP contribution in [0.5, 0.6) is 5.75 Å². The van der Waals surface area contributed by atoms with Gasteiger partial charge in [0.2, 0.25) is 0 Å². The van der Waals surface area contributed by atoms with Crippen LogP contribution in [0.25, 0.3) is 16.9 Å². The minimum absolute atomic E-state index is 0.132. The first-order chi connectivity index (χ1) is 11.4. The van der Waals surface area contributed by atoms with Crippen molar-refractivity contribution >= 4 is 5.65 Å². The molecule has 3 aromatic rings. The minimum atomic E-state index is -4.74. The molecule has 126 valence electrons. The maximum atomic E-state index is 12.4. The lowest BCUT2D eigenvalue weighted by Gasteiger charge is -2.13. The van der Waals surface area contributed by atoms with Crippen LogP contribution in [-0.2, 0) is 11.3 Å². The van der Waals surface area contributed by atoms with Crippen molar-refractivity contribution in [2.24, 2.45) is 0 Å². The lowest BCUT2D eigenvalue weighted by Crippen LogP contribution is -2.17. The number of aromatic nitrogens is 3. The number of fused-ring (bicyclic) bond motifs is 1. The maximum Gasteiger partial charge on any atom is 0.573 e. The zero-order valence-electron chi connectivity index (χ0n) is 13.0. The molecule has 8 heteroatoms. The topological polar surface area (TPSA) is 48.7 Å². The van der Waals surface area contributed by atoms with Gasteiger partial charge in [0, 0.05) is 30.8 Å². The molecule has 0 saturated carbocycles. The molecule has 0 N–H and O–H groups in total. The van der Waals surface area contributed by atoms with Gasteiger partial charge >= 0.3 is 6.36 Å². The highest BCUT2D eigenvalue weighted by molar-refractivity contribution is 5.65. The van der Waals surface area contributed by atoms with Crippen LogP contribution >= 0.6 is 0 Å². The molecular formula is C16H14F3N3O2. The fourth-order valence-corrected chi connectivity index (χ4v) is 2.44. The van der Waals surface area contributed by atoms with E-state index in [-0.39, 0.29) is 12.4 Å². The fraction of sp³-hybridized carbons (Fsp3) is 0.250. The molecule has 0 unspecified atom stereocenters. The highest BCUT2D eigenvalue weighted by Gasteiger charge is 2.31. The number of hydrogen-bond acceptors (Lipinski definition) is 4. The van der Waals surface area contributed by atoms with Crippen LogP contribution in [0.4, 0.5) is 13.2 Å². The Morgan fingerprint density at radius 3 is 2.67 bits per heavy atom. The predicted octanol–water partition coefficient (Wildman–Crippen LogP) is 3.75. The average molecular weight is 337 g/mol. The van der Waals surface area contributed by atoms with E-state index in [4.69, 9.17) is 4.74 Å². The average Bonchev–Trinajstić information content (AvgIpc) is 2.87. The largest absolute Gasteiger partial charge is 0.573 e. The van der Waals surface area contributed by atoms with Gasteiger partial charge in [0.05, 0.1) is 18.5 Å². The molecule has 5 nitrogen and oxygen atoms in total. The van der Waals surface area contributed by atoms with Crippen LogP contribution in [0.15, 0.2) is 36.8 Å². The highest BCUT2D eigenvalue weighted by atomic mass is 19.4. The monoisotopic (exact) mass is 337 g/mol. The summed E-state index contributed by atoms with van der Waals surface area (Å²) in [5.74, 6) is -0.293. The van der Waals surface area contributed by atoms with Crippen molar-refractivity contribution in [3.63, 3.8) is 0 Å². The summed E-state index contributed by atoms with van der Waals surface area (Å²) in [6.07, 6.45) is 0.379. The molecule has 2 aromatic heterocycles.